The number of nitrogens with one attached hydrogen (secondary N) is 2. The van der Waals surface area contributed by atoms with E-state index in [4.69, 9.17) is 24.1 Å². The van der Waals surface area contributed by atoms with Gasteiger partial charge in [-0.15, -0.1) is 0 Å². The number of H-pyrrole nitrogens is 2. The van der Waals surface area contributed by atoms with E-state index in [-0.39, 0.29) is 34.5 Å². The van der Waals surface area contributed by atoms with Crippen LogP contribution in [0.3, 0.4) is 0 Å². The first-order valence-corrected chi connectivity index (χ1v) is 18.9. The fourth-order valence-corrected chi connectivity index (χ4v) is 7.31. The Morgan fingerprint density at radius 1 is 0.774 bits per heavy atom. The fraction of sp³-hybridized carbons (Fsp3) is 0.465. The maximum absolute atomic E-state index is 7.57. The smallest absolute Gasteiger partial charge is 0.141 e. The van der Waals surface area contributed by atoms with Gasteiger partial charge in [0.25, 0.3) is 0 Å². The minimum absolute atomic E-state index is 0. The van der Waals surface area contributed by atoms with Gasteiger partial charge in [-0.05, 0) is 139 Å². The number of aliphatic hydroxyl groups excluding tert-OH is 1. The van der Waals surface area contributed by atoms with Gasteiger partial charge in [0.2, 0.25) is 0 Å². The largest absolute Gasteiger partial charge is 0.397 e. The number of hydrogen-bond donors (Lipinski definition) is 3. The molecule has 288 valence electrons. The molecule has 0 bridgehead atoms. The van der Waals surface area contributed by atoms with E-state index in [2.05, 4.69) is 78.3 Å². The Hall–Kier alpha value is -3.84. The van der Waals surface area contributed by atoms with Crippen LogP contribution in [-0.4, -0.2) is 42.0 Å². The number of aryl methyl sites for hydroxylation is 4. The summed E-state index contributed by atoms with van der Waals surface area (Å²) in [4.78, 5) is 17.0. The maximum atomic E-state index is 7.57. The van der Waals surface area contributed by atoms with E-state index in [1.807, 2.05) is 27.7 Å². The molecule has 8 rings (SSSR count). The van der Waals surface area contributed by atoms with E-state index in [0.717, 1.165) is 92.6 Å². The first kappa shape index (κ1) is 41.9. The number of allylic oxidation sites excluding steroid dienone is 2. The summed E-state index contributed by atoms with van der Waals surface area (Å²) in [6.45, 7) is 18.7. The van der Waals surface area contributed by atoms with Gasteiger partial charge in [0.05, 0.1) is 33.5 Å². The molecule has 0 spiro atoms. The van der Waals surface area contributed by atoms with Gasteiger partial charge in [-0.3, -0.25) is 0 Å². The molecule has 53 heavy (non-hydrogen) atoms. The molecular formula is C43H57N6O3Pd-. The zero-order valence-corrected chi connectivity index (χ0v) is 34.7. The zero-order valence-electron chi connectivity index (χ0n) is 33.1. The minimum Gasteiger partial charge on any atom is -0.397 e. The predicted molar refractivity (Wildman–Crippen MR) is 213 cm³/mol. The number of hydrogen-bond acceptors (Lipinski definition) is 7. The van der Waals surface area contributed by atoms with E-state index in [1.165, 1.54) is 47.9 Å². The van der Waals surface area contributed by atoms with Crippen molar-refractivity contribution in [2.24, 2.45) is 0 Å². The first-order valence-electron chi connectivity index (χ1n) is 18.9. The summed E-state index contributed by atoms with van der Waals surface area (Å²) < 4.78 is 10.8. The molecule has 4 aromatic heterocycles. The normalized spacial score (nSPS) is 14.1. The maximum Gasteiger partial charge on any atom is 0.141 e. The monoisotopic (exact) mass is 811 g/mol. The fourth-order valence-electron chi connectivity index (χ4n) is 7.31. The molecule has 0 radical (unpaired) electrons. The molecular weight excluding hydrogens is 755 g/mol. The molecule has 6 aromatic rings. The van der Waals surface area contributed by atoms with E-state index < -0.39 is 0 Å². The Balaban J connectivity index is 0.000000213. The van der Waals surface area contributed by atoms with Crippen molar-refractivity contribution in [3.63, 3.8) is 0 Å². The van der Waals surface area contributed by atoms with Crippen LogP contribution in [0.1, 0.15) is 143 Å². The number of nitrogens with zero attached hydrogens (tertiary/aromatic N) is 4. The van der Waals surface area contributed by atoms with Crippen LogP contribution in [0, 0.1) is 35.1 Å². The molecule has 10 heteroatoms. The number of fused-ring (bicyclic) bond motifs is 2. The van der Waals surface area contributed by atoms with Gasteiger partial charge in [0, 0.05) is 55.6 Å². The van der Waals surface area contributed by atoms with Crippen molar-refractivity contribution >= 4 is 27.6 Å². The molecule has 0 atom stereocenters. The van der Waals surface area contributed by atoms with Crippen molar-refractivity contribution in [1.82, 2.24) is 30.2 Å². The SMILES string of the molecule is C/C=C(\CC)c1cc(-c2c(C)noc2C)cc2[nH]c(C3CC3)nc12.CCC(CC)c1cc(-c2c(C)noc2C)cc2[nH]c(C3CC3)nc12.CCO.[CH3-].[Pd]. The Labute approximate surface area is 328 Å². The van der Waals surface area contributed by atoms with Gasteiger partial charge in [0.15, 0.2) is 0 Å². The summed E-state index contributed by atoms with van der Waals surface area (Å²) in [7, 11) is 0. The van der Waals surface area contributed by atoms with Crippen molar-refractivity contribution in [1.29, 1.82) is 0 Å². The summed E-state index contributed by atoms with van der Waals surface area (Å²) in [5, 5.41) is 15.8. The van der Waals surface area contributed by atoms with Crippen LogP contribution in [0.5, 0.6) is 0 Å². The Bertz CT molecular complexity index is 2120. The van der Waals surface area contributed by atoms with E-state index in [9.17, 15) is 0 Å². The summed E-state index contributed by atoms with van der Waals surface area (Å²) in [5.41, 5.74) is 14.8. The number of aliphatic hydroxyl groups is 1. The molecule has 2 aliphatic rings. The first-order chi connectivity index (χ1) is 24.6. The van der Waals surface area contributed by atoms with Crippen molar-refractivity contribution in [2.75, 3.05) is 6.61 Å². The quantitative estimate of drug-likeness (QED) is 0.0979. The third kappa shape index (κ3) is 8.77. The van der Waals surface area contributed by atoms with Crippen LogP contribution in [0.25, 0.3) is 49.9 Å². The Kier molecular flexibility index (Phi) is 14.2. The van der Waals surface area contributed by atoms with E-state index in [1.54, 1.807) is 6.92 Å². The minimum atomic E-state index is 0. The van der Waals surface area contributed by atoms with Gasteiger partial charge >= 0.3 is 0 Å². The number of aromatic nitrogens is 6. The average Bonchev–Trinajstić information content (AvgIpc) is 4.01. The van der Waals surface area contributed by atoms with Gasteiger partial charge < -0.3 is 31.5 Å². The molecule has 2 aliphatic carbocycles. The third-order valence-corrected chi connectivity index (χ3v) is 10.3. The van der Waals surface area contributed by atoms with Crippen molar-refractivity contribution in [3.05, 3.63) is 83.5 Å². The van der Waals surface area contributed by atoms with Crippen LogP contribution in [0.2, 0.25) is 0 Å². The summed E-state index contributed by atoms with van der Waals surface area (Å²) >= 11 is 0. The molecule has 0 aliphatic heterocycles. The second-order valence-corrected chi connectivity index (χ2v) is 14.1. The zero-order chi connectivity index (χ0) is 36.4. The molecule has 2 fully saturated rings. The van der Waals surface area contributed by atoms with Crippen LogP contribution in [0.15, 0.2) is 39.4 Å². The molecule has 2 aromatic carbocycles. The summed E-state index contributed by atoms with van der Waals surface area (Å²) in [5.74, 6) is 5.81. The van der Waals surface area contributed by atoms with Gasteiger partial charge in [-0.1, -0.05) is 37.2 Å². The Morgan fingerprint density at radius 3 is 1.62 bits per heavy atom. The van der Waals surface area contributed by atoms with Crippen molar-refractivity contribution in [3.8, 4) is 22.3 Å². The van der Waals surface area contributed by atoms with Gasteiger partial charge in [0.1, 0.15) is 23.2 Å². The Morgan fingerprint density at radius 2 is 1.23 bits per heavy atom. The number of aromatic amines is 2. The van der Waals surface area contributed by atoms with Gasteiger partial charge in [-0.25, -0.2) is 9.97 Å². The molecule has 3 N–H and O–H groups in total. The number of rotatable bonds is 9. The number of benzene rings is 2. The average molecular weight is 812 g/mol. The molecule has 4 heterocycles. The molecule has 0 saturated heterocycles. The molecule has 0 unspecified atom stereocenters. The summed E-state index contributed by atoms with van der Waals surface area (Å²) in [6.07, 6.45) is 10.4. The van der Waals surface area contributed by atoms with Crippen LogP contribution in [0.4, 0.5) is 0 Å². The van der Waals surface area contributed by atoms with Crippen molar-refractivity contribution in [2.45, 2.75) is 125 Å². The third-order valence-electron chi connectivity index (χ3n) is 10.3. The second kappa shape index (κ2) is 18.0. The standard InChI is InChI=1S/C20H25N3O.C20H23N3O.C2H6O.CH3.Pd/c2*1-5-13(6-2)16-9-15(18-11(3)23-24-12(18)4)10-17-19(16)22-20(21-17)14-7-8-14;1-2-3;;/h9-10,13-14H,5-8H2,1-4H3,(H,21,22);5,9-10,14H,6-8H2,1-4H3,(H,21,22);3H,2H2,1H3;1H3;/q;;;-1;/b;13-5+;;;. The van der Waals surface area contributed by atoms with Crippen LogP contribution >= 0.6 is 0 Å². The predicted octanol–water partition coefficient (Wildman–Crippen LogP) is 11.6. The second-order valence-electron chi connectivity index (χ2n) is 14.1. The van der Waals surface area contributed by atoms with E-state index in [0.29, 0.717) is 17.8 Å². The summed E-state index contributed by atoms with van der Waals surface area (Å²) in [6, 6.07) is 8.95. The van der Waals surface area contributed by atoms with Crippen LogP contribution < -0.4 is 0 Å². The van der Waals surface area contributed by atoms with Crippen molar-refractivity contribution < 1.29 is 34.6 Å². The topological polar surface area (TPSA) is 130 Å². The van der Waals surface area contributed by atoms with E-state index >= 15 is 0 Å². The van der Waals surface area contributed by atoms with Crippen LogP contribution in [-0.2, 0) is 20.4 Å². The number of imidazole rings is 2. The molecule has 0 amide bonds. The molecule has 2 saturated carbocycles. The molecule has 9 nitrogen and oxygen atoms in total. The van der Waals surface area contributed by atoms with Gasteiger partial charge in [-0.2, -0.15) is 0 Å².